The molecule has 7 heteroatoms. The van der Waals surface area contributed by atoms with Crippen molar-refractivity contribution in [1.29, 1.82) is 0 Å². The van der Waals surface area contributed by atoms with Crippen molar-refractivity contribution in [2.45, 2.75) is 252 Å². The molecule has 0 aliphatic carbocycles. The van der Waals surface area contributed by atoms with Crippen LogP contribution in [-0.4, -0.2) is 40.7 Å². The minimum atomic E-state index is -4.12. The Bertz CT molecular complexity index is 1030. The zero-order valence-electron chi connectivity index (χ0n) is 39.9. The maximum absolute atomic E-state index is 12.8. The summed E-state index contributed by atoms with van der Waals surface area (Å²) in [6.07, 6.45) is 64.5. The average Bonchev–Trinajstić information content (AvgIpc) is 3.25. The fraction of sp³-hybridized carbons (Fsp3) is 0.722. The van der Waals surface area contributed by atoms with E-state index >= 15 is 0 Å². The molecule has 0 spiro atoms. The molecule has 0 rings (SSSR count). The maximum atomic E-state index is 12.8. The quantitative estimate of drug-likeness (QED) is 0.0447. The van der Waals surface area contributed by atoms with Gasteiger partial charge in [-0.1, -0.05) is 95.8 Å². The Labute approximate surface area is 386 Å². The van der Waals surface area contributed by atoms with Crippen molar-refractivity contribution in [3.05, 3.63) is 72.9 Å². The van der Waals surface area contributed by atoms with Crippen molar-refractivity contribution in [2.24, 2.45) is 0 Å². The van der Waals surface area contributed by atoms with Crippen molar-refractivity contribution in [1.82, 2.24) is 0 Å². The standard InChI is InChI=1S/3C18H32O2.In/c3*1-2-3-4-5-6-7-8-9-10-11-12-13-14-15-16-17-18(19)20;/h3*6-7,9-10H,2-5,8,11-17H2,1H3,(H,19,20);/q;;;+3/p-3/b3*7-6-,10-9-;. The number of hydrogen-bond donors (Lipinski definition) is 0. The van der Waals surface area contributed by atoms with Gasteiger partial charge in [0.05, 0.1) is 0 Å². The van der Waals surface area contributed by atoms with E-state index in [0.29, 0.717) is 0 Å². The molecule has 0 aliphatic heterocycles. The molecular formula is C54H93InO6. The molecule has 0 saturated heterocycles. The zero-order chi connectivity index (χ0) is 44.4. The minimum absolute atomic E-state index is 0.253. The predicted molar refractivity (Wildman–Crippen MR) is 262 cm³/mol. The Hall–Kier alpha value is -2.28. The van der Waals surface area contributed by atoms with Gasteiger partial charge in [0.1, 0.15) is 0 Å². The van der Waals surface area contributed by atoms with E-state index in [2.05, 4.69) is 93.7 Å². The summed E-state index contributed by atoms with van der Waals surface area (Å²) in [5.41, 5.74) is 0. The molecular weight excluding hydrogens is 859 g/mol. The van der Waals surface area contributed by atoms with Crippen LogP contribution in [0.2, 0.25) is 0 Å². The van der Waals surface area contributed by atoms with Gasteiger partial charge in [-0.15, -0.1) is 0 Å². The van der Waals surface area contributed by atoms with E-state index < -0.39 is 40.7 Å². The Kier molecular flexibility index (Phi) is 48.5. The van der Waals surface area contributed by atoms with Crippen LogP contribution >= 0.6 is 0 Å². The topological polar surface area (TPSA) is 78.9 Å². The van der Waals surface area contributed by atoms with E-state index in [1.54, 1.807) is 0 Å². The third-order valence-electron chi connectivity index (χ3n) is 10.7. The smallest absolute Gasteiger partial charge is 0.0882 e. The summed E-state index contributed by atoms with van der Waals surface area (Å²) >= 11 is -4.12. The van der Waals surface area contributed by atoms with Crippen LogP contribution in [0.1, 0.15) is 252 Å². The molecule has 0 unspecified atom stereocenters. The summed E-state index contributed by atoms with van der Waals surface area (Å²) in [6.45, 7) is 6.71. The molecule has 0 radical (unpaired) electrons. The first kappa shape index (κ1) is 58.7. The number of rotatable bonds is 45. The van der Waals surface area contributed by atoms with Crippen LogP contribution in [0.4, 0.5) is 0 Å². The van der Waals surface area contributed by atoms with Gasteiger partial charge in [0, 0.05) is 0 Å². The van der Waals surface area contributed by atoms with Gasteiger partial charge in [0.25, 0.3) is 0 Å². The van der Waals surface area contributed by atoms with Gasteiger partial charge in [-0.3, -0.25) is 0 Å². The van der Waals surface area contributed by atoms with E-state index in [1.807, 2.05) is 0 Å². The van der Waals surface area contributed by atoms with Gasteiger partial charge >= 0.3 is 254 Å². The van der Waals surface area contributed by atoms with Gasteiger partial charge in [0.2, 0.25) is 0 Å². The normalized spacial score (nSPS) is 12.0. The Balaban J connectivity index is 4.49. The van der Waals surface area contributed by atoms with E-state index in [0.717, 1.165) is 135 Å². The van der Waals surface area contributed by atoms with E-state index in [1.165, 1.54) is 77.0 Å². The van der Waals surface area contributed by atoms with Crippen LogP contribution in [-0.2, 0) is 22.9 Å². The van der Waals surface area contributed by atoms with Gasteiger partial charge in [0.15, 0.2) is 0 Å². The number of carbonyl (C=O) groups excluding carboxylic acids is 3. The third kappa shape index (κ3) is 48.6. The van der Waals surface area contributed by atoms with Crippen LogP contribution in [0.15, 0.2) is 72.9 Å². The summed E-state index contributed by atoms with van der Waals surface area (Å²) in [6, 6.07) is 0. The summed E-state index contributed by atoms with van der Waals surface area (Å²) in [5, 5.41) is 0. The van der Waals surface area contributed by atoms with Crippen LogP contribution in [0.25, 0.3) is 0 Å². The SMILES string of the molecule is CCCCC/C=C\C/C=C\CCCCCCCC(=O)[O][In]([O]C(=O)CCCCCCC/C=C\C/C=C\CCCCC)[O]C(=O)CCCCCCC/C=C\C/C=C\CCCCC. The fourth-order valence-electron chi connectivity index (χ4n) is 6.81. The second kappa shape index (κ2) is 50.4. The molecule has 0 atom stereocenters. The fourth-order valence-corrected chi connectivity index (χ4v) is 10.1. The molecule has 0 aromatic rings. The number of allylic oxidation sites excluding steroid dienone is 12. The van der Waals surface area contributed by atoms with Gasteiger partial charge < -0.3 is 0 Å². The molecule has 0 aromatic heterocycles. The Morgan fingerprint density at radius 1 is 0.295 bits per heavy atom. The third-order valence-corrected chi connectivity index (χ3v) is 14.6. The monoisotopic (exact) mass is 953 g/mol. The van der Waals surface area contributed by atoms with Crippen molar-refractivity contribution < 1.29 is 22.9 Å². The number of carbonyl (C=O) groups is 3. The van der Waals surface area contributed by atoms with E-state index in [-0.39, 0.29) is 19.3 Å². The Morgan fingerprint density at radius 2 is 0.508 bits per heavy atom. The van der Waals surface area contributed by atoms with Crippen molar-refractivity contribution >= 4 is 40.7 Å². The van der Waals surface area contributed by atoms with Crippen LogP contribution < -0.4 is 0 Å². The van der Waals surface area contributed by atoms with Gasteiger partial charge in [-0.2, -0.15) is 0 Å². The first-order valence-electron chi connectivity index (χ1n) is 25.5. The summed E-state index contributed by atoms with van der Waals surface area (Å²) in [4.78, 5) is 38.3. The summed E-state index contributed by atoms with van der Waals surface area (Å²) in [5.74, 6) is -1.25. The second-order valence-electron chi connectivity index (χ2n) is 16.7. The minimum Gasteiger partial charge on any atom is -0.0882 e. The zero-order valence-corrected chi connectivity index (χ0v) is 43.2. The predicted octanol–water partition coefficient (Wildman–Crippen LogP) is 17.0. The van der Waals surface area contributed by atoms with Crippen molar-refractivity contribution in [3.63, 3.8) is 0 Å². The van der Waals surface area contributed by atoms with Gasteiger partial charge in [-0.25, -0.2) is 0 Å². The van der Waals surface area contributed by atoms with Gasteiger partial charge in [-0.05, 0) is 38.5 Å². The van der Waals surface area contributed by atoms with Crippen molar-refractivity contribution in [2.75, 3.05) is 0 Å². The molecule has 0 bridgehead atoms. The molecule has 0 aliphatic rings. The molecule has 348 valence electrons. The van der Waals surface area contributed by atoms with Crippen LogP contribution in [0.5, 0.6) is 0 Å². The molecule has 0 aromatic carbocycles. The van der Waals surface area contributed by atoms with E-state index in [4.69, 9.17) is 8.56 Å². The molecule has 61 heavy (non-hydrogen) atoms. The summed E-state index contributed by atoms with van der Waals surface area (Å²) < 4.78 is 16.9. The second-order valence-corrected chi connectivity index (χ2v) is 20.4. The first-order chi connectivity index (χ1) is 30.0. The molecule has 0 saturated carbocycles. The van der Waals surface area contributed by atoms with Crippen LogP contribution in [0.3, 0.4) is 0 Å². The summed E-state index contributed by atoms with van der Waals surface area (Å²) in [7, 11) is 0. The molecule has 6 nitrogen and oxygen atoms in total. The number of hydrogen-bond acceptors (Lipinski definition) is 6. The Morgan fingerprint density at radius 3 is 0.754 bits per heavy atom. The molecule has 0 amide bonds. The molecule has 0 heterocycles. The van der Waals surface area contributed by atoms with Crippen LogP contribution in [0, 0.1) is 0 Å². The molecule has 0 N–H and O–H groups in total. The average molecular weight is 953 g/mol. The van der Waals surface area contributed by atoms with E-state index in [9.17, 15) is 14.4 Å². The van der Waals surface area contributed by atoms with Crippen molar-refractivity contribution in [3.8, 4) is 0 Å². The first-order valence-corrected chi connectivity index (χ1v) is 29.5. The molecule has 0 fully saturated rings. The number of unbranched alkanes of at least 4 members (excludes halogenated alkanes) is 24.